The summed E-state index contributed by atoms with van der Waals surface area (Å²) in [5.74, 6) is 1.84. The van der Waals surface area contributed by atoms with Crippen LogP contribution >= 0.6 is 0 Å². The zero-order valence-electron chi connectivity index (χ0n) is 29.9. The molecule has 0 rings (SSSR count). The average molecular weight is 543 g/mol. The molecule has 1 atom stereocenters. The van der Waals surface area contributed by atoms with E-state index >= 15 is 0 Å². The van der Waals surface area contributed by atoms with E-state index in [4.69, 9.17) is 9.47 Å². The minimum Gasteiger partial charge on any atom is -0.379 e. The molecule has 0 aliphatic carbocycles. The summed E-state index contributed by atoms with van der Waals surface area (Å²) in [7, 11) is 0. The van der Waals surface area contributed by atoms with E-state index in [1.807, 2.05) is 0 Å². The molecule has 38 heavy (non-hydrogen) atoms. The third-order valence-electron chi connectivity index (χ3n) is 7.36. The van der Waals surface area contributed by atoms with Crippen LogP contribution in [0.1, 0.15) is 175 Å². The molecule has 0 aromatic rings. The molecule has 0 amide bonds. The lowest BCUT2D eigenvalue weighted by Crippen LogP contribution is -2.25. The highest BCUT2D eigenvalue weighted by Crippen LogP contribution is 2.36. The van der Waals surface area contributed by atoms with Crippen LogP contribution in [-0.2, 0) is 9.47 Å². The predicted octanol–water partition coefficient (Wildman–Crippen LogP) is 12.4. The van der Waals surface area contributed by atoms with E-state index in [1.54, 1.807) is 0 Å². The molecule has 0 radical (unpaired) electrons. The summed E-state index contributed by atoms with van der Waals surface area (Å²) in [6.45, 7) is 39.5. The molecule has 0 aromatic carbocycles. The molecule has 0 aromatic heterocycles. The van der Waals surface area contributed by atoms with Gasteiger partial charge in [0.1, 0.15) is 0 Å². The standard InChI is InChI=1S/C18H38.C10H22O2.C8H18/c1-16(2)12-8-7-9-13-17(3)14-10-11-15-18(4,5)6;1-5-6-11-7-8-12-9-10(2,3)4;1-7(2,3)8(4,5)6/h16-17H,7-15H2,1-6H3;5-9H2,1-4H3;1-6H3. The fourth-order valence-corrected chi connectivity index (χ4v) is 3.26. The molecule has 2 heteroatoms. The fourth-order valence-electron chi connectivity index (χ4n) is 3.26. The van der Waals surface area contributed by atoms with Gasteiger partial charge in [-0.3, -0.25) is 0 Å². The lowest BCUT2D eigenvalue weighted by atomic mass is 9.71. The number of unbranched alkanes of at least 4 members (excludes halogenated alkanes) is 3. The number of ether oxygens (including phenoxy) is 2. The summed E-state index contributed by atoms with van der Waals surface area (Å²) in [6.07, 6.45) is 14.0. The van der Waals surface area contributed by atoms with Crippen LogP contribution in [-0.4, -0.2) is 26.4 Å². The second-order valence-corrected chi connectivity index (χ2v) is 16.7. The summed E-state index contributed by atoms with van der Waals surface area (Å²) < 4.78 is 10.7. The van der Waals surface area contributed by atoms with Gasteiger partial charge in [-0.25, -0.2) is 0 Å². The SMILES string of the molecule is CC(C)(C)C(C)(C)C.CC(C)CCCCCC(C)CCCCC(C)(C)C.CCCOCCOCC(C)(C)C. The topological polar surface area (TPSA) is 18.5 Å². The molecule has 0 saturated heterocycles. The van der Waals surface area contributed by atoms with E-state index < -0.39 is 0 Å². The Morgan fingerprint density at radius 3 is 1.34 bits per heavy atom. The van der Waals surface area contributed by atoms with Crippen molar-refractivity contribution in [1.82, 2.24) is 0 Å². The van der Waals surface area contributed by atoms with Gasteiger partial charge in [-0.2, -0.15) is 0 Å². The van der Waals surface area contributed by atoms with Crippen LogP contribution in [0.3, 0.4) is 0 Å². The molecule has 234 valence electrons. The van der Waals surface area contributed by atoms with Crippen molar-refractivity contribution < 1.29 is 9.47 Å². The maximum Gasteiger partial charge on any atom is 0.0700 e. The molecule has 0 fully saturated rings. The first kappa shape index (κ1) is 42.4. The summed E-state index contributed by atoms with van der Waals surface area (Å²) in [4.78, 5) is 0. The van der Waals surface area contributed by atoms with Gasteiger partial charge in [0.2, 0.25) is 0 Å². The largest absolute Gasteiger partial charge is 0.379 e. The summed E-state index contributed by atoms with van der Waals surface area (Å²) in [5, 5.41) is 0. The fraction of sp³-hybridized carbons (Fsp3) is 1.00. The molecule has 0 heterocycles. The first-order valence-electron chi connectivity index (χ1n) is 16.3. The Hall–Kier alpha value is -0.0800. The van der Waals surface area contributed by atoms with Crippen LogP contribution in [0.25, 0.3) is 0 Å². The molecular formula is C36H78O2. The Morgan fingerprint density at radius 1 is 0.500 bits per heavy atom. The molecule has 0 N–H and O–H groups in total. The third-order valence-corrected chi connectivity index (χ3v) is 7.36. The van der Waals surface area contributed by atoms with Crippen molar-refractivity contribution in [3.8, 4) is 0 Å². The average Bonchev–Trinajstić information content (AvgIpc) is 2.71. The first-order chi connectivity index (χ1) is 17.1. The van der Waals surface area contributed by atoms with Crippen molar-refractivity contribution in [2.75, 3.05) is 26.4 Å². The van der Waals surface area contributed by atoms with Crippen molar-refractivity contribution in [2.24, 2.45) is 33.5 Å². The van der Waals surface area contributed by atoms with Crippen LogP contribution in [0.5, 0.6) is 0 Å². The van der Waals surface area contributed by atoms with E-state index in [1.165, 1.54) is 57.8 Å². The first-order valence-corrected chi connectivity index (χ1v) is 16.3. The zero-order chi connectivity index (χ0) is 30.5. The Kier molecular flexibility index (Phi) is 25.2. The van der Waals surface area contributed by atoms with E-state index in [-0.39, 0.29) is 5.41 Å². The Morgan fingerprint density at radius 2 is 0.947 bits per heavy atom. The van der Waals surface area contributed by atoms with Gasteiger partial charge in [0.25, 0.3) is 0 Å². The highest BCUT2D eigenvalue weighted by molar-refractivity contribution is 4.77. The number of rotatable bonds is 16. The molecule has 0 spiro atoms. The minimum atomic E-state index is 0.269. The van der Waals surface area contributed by atoms with Crippen molar-refractivity contribution in [2.45, 2.75) is 175 Å². The zero-order valence-corrected chi connectivity index (χ0v) is 29.9. The van der Waals surface area contributed by atoms with Gasteiger partial charge >= 0.3 is 0 Å². The van der Waals surface area contributed by atoms with E-state index in [0.29, 0.717) is 16.2 Å². The molecule has 0 aliphatic heterocycles. The van der Waals surface area contributed by atoms with E-state index in [9.17, 15) is 0 Å². The lowest BCUT2D eigenvalue weighted by Gasteiger charge is -2.34. The van der Waals surface area contributed by atoms with Gasteiger partial charge in [-0.15, -0.1) is 0 Å². The third kappa shape index (κ3) is 38.1. The quantitative estimate of drug-likeness (QED) is 0.180. The maximum absolute atomic E-state index is 5.42. The summed E-state index contributed by atoms with van der Waals surface area (Å²) >= 11 is 0. The second kappa shape index (κ2) is 22.6. The Labute approximate surface area is 244 Å². The minimum absolute atomic E-state index is 0.269. The van der Waals surface area contributed by atoms with Gasteiger partial charge in [0.15, 0.2) is 0 Å². The monoisotopic (exact) mass is 543 g/mol. The van der Waals surface area contributed by atoms with Crippen LogP contribution < -0.4 is 0 Å². The molecule has 0 aliphatic rings. The lowest BCUT2D eigenvalue weighted by molar-refractivity contribution is 0.0196. The van der Waals surface area contributed by atoms with Gasteiger partial charge in [0, 0.05) is 6.61 Å². The summed E-state index contributed by atoms with van der Waals surface area (Å²) in [6, 6.07) is 0. The van der Waals surface area contributed by atoms with Crippen LogP contribution in [0.4, 0.5) is 0 Å². The Bertz CT molecular complexity index is 467. The smallest absolute Gasteiger partial charge is 0.0700 e. The van der Waals surface area contributed by atoms with Gasteiger partial charge < -0.3 is 9.47 Å². The number of hydrogen-bond donors (Lipinski definition) is 0. The van der Waals surface area contributed by atoms with E-state index in [2.05, 4.69) is 111 Å². The van der Waals surface area contributed by atoms with Crippen LogP contribution in [0.2, 0.25) is 0 Å². The van der Waals surface area contributed by atoms with Gasteiger partial charge in [-0.05, 0) is 46.3 Å². The van der Waals surface area contributed by atoms with Crippen molar-refractivity contribution in [3.05, 3.63) is 0 Å². The van der Waals surface area contributed by atoms with Gasteiger partial charge in [-0.1, -0.05) is 162 Å². The van der Waals surface area contributed by atoms with Crippen molar-refractivity contribution in [1.29, 1.82) is 0 Å². The summed E-state index contributed by atoms with van der Waals surface area (Å²) in [5.41, 5.74) is 1.67. The highest BCUT2D eigenvalue weighted by atomic mass is 16.5. The molecule has 1 unspecified atom stereocenters. The Balaban J connectivity index is -0.000000527. The van der Waals surface area contributed by atoms with E-state index in [0.717, 1.165) is 44.7 Å². The van der Waals surface area contributed by atoms with Crippen molar-refractivity contribution in [3.63, 3.8) is 0 Å². The van der Waals surface area contributed by atoms with Crippen molar-refractivity contribution >= 4 is 0 Å². The van der Waals surface area contributed by atoms with Crippen LogP contribution in [0, 0.1) is 33.5 Å². The molecule has 0 saturated carbocycles. The highest BCUT2D eigenvalue weighted by Gasteiger charge is 2.26. The maximum atomic E-state index is 5.42. The molecule has 0 bridgehead atoms. The predicted molar refractivity (Wildman–Crippen MR) is 175 cm³/mol. The second-order valence-electron chi connectivity index (χ2n) is 16.7. The van der Waals surface area contributed by atoms with Gasteiger partial charge in [0.05, 0.1) is 19.8 Å². The molecular weight excluding hydrogens is 464 g/mol. The molecule has 2 nitrogen and oxygen atoms in total. The van der Waals surface area contributed by atoms with Crippen LogP contribution in [0.15, 0.2) is 0 Å². The normalized spacial score (nSPS) is 13.5. The number of hydrogen-bond acceptors (Lipinski definition) is 2.